The number of ether oxygens (including phenoxy) is 1. The van der Waals surface area contributed by atoms with E-state index in [0.717, 1.165) is 11.3 Å². The maximum absolute atomic E-state index is 12.8. The zero-order chi connectivity index (χ0) is 20.9. The summed E-state index contributed by atoms with van der Waals surface area (Å²) >= 11 is 0. The van der Waals surface area contributed by atoms with E-state index in [0.29, 0.717) is 22.7 Å². The molecule has 2 heterocycles. The number of hydrogen-bond donors (Lipinski definition) is 2. The third-order valence-corrected chi connectivity index (χ3v) is 4.38. The summed E-state index contributed by atoms with van der Waals surface area (Å²) in [6.07, 6.45) is 3.82. The van der Waals surface area contributed by atoms with Gasteiger partial charge in [0.25, 0.3) is 5.91 Å². The first-order chi connectivity index (χ1) is 14.6. The molecule has 0 spiro atoms. The van der Waals surface area contributed by atoms with Gasteiger partial charge in [-0.15, -0.1) is 0 Å². The van der Waals surface area contributed by atoms with Gasteiger partial charge in [0.2, 0.25) is 5.91 Å². The number of anilines is 2. The molecule has 2 N–H and O–H groups in total. The zero-order valence-corrected chi connectivity index (χ0v) is 16.3. The Labute approximate surface area is 173 Å². The molecule has 0 saturated heterocycles. The molecule has 0 fully saturated rings. The highest BCUT2D eigenvalue weighted by atomic mass is 16.5. The number of para-hydroxylation sites is 1. The minimum atomic E-state index is -0.284. The van der Waals surface area contributed by atoms with Crippen LogP contribution in [0.5, 0.6) is 5.75 Å². The average Bonchev–Trinajstić information content (AvgIpc) is 3.16. The Morgan fingerprint density at radius 3 is 2.37 bits per heavy atom. The topological polar surface area (TPSA) is 84.7 Å². The molecular weight excluding hydrogens is 380 g/mol. The van der Waals surface area contributed by atoms with Crippen LogP contribution in [0.3, 0.4) is 0 Å². The molecule has 7 nitrogen and oxygen atoms in total. The van der Waals surface area contributed by atoms with Gasteiger partial charge in [-0.3, -0.25) is 9.59 Å². The average molecular weight is 400 g/mol. The Kier molecular flexibility index (Phi) is 5.43. The van der Waals surface area contributed by atoms with Gasteiger partial charge in [0.15, 0.2) is 0 Å². The Balaban J connectivity index is 1.45. The van der Waals surface area contributed by atoms with Crippen LogP contribution in [0.2, 0.25) is 0 Å². The first-order valence-electron chi connectivity index (χ1n) is 9.42. The molecule has 2 aromatic heterocycles. The molecule has 150 valence electrons. The highest BCUT2D eigenvalue weighted by Crippen LogP contribution is 2.22. The smallest absolute Gasteiger partial charge is 0.259 e. The summed E-state index contributed by atoms with van der Waals surface area (Å²) in [7, 11) is 0. The third-order valence-electron chi connectivity index (χ3n) is 4.38. The van der Waals surface area contributed by atoms with Crippen molar-refractivity contribution in [3.8, 4) is 5.75 Å². The molecule has 0 aliphatic rings. The second-order valence-electron chi connectivity index (χ2n) is 6.70. The van der Waals surface area contributed by atoms with Crippen molar-refractivity contribution in [3.05, 3.63) is 90.4 Å². The van der Waals surface area contributed by atoms with E-state index in [1.165, 1.54) is 6.92 Å². The fraction of sp³-hybridized carbons (Fsp3) is 0.0870. The summed E-state index contributed by atoms with van der Waals surface area (Å²) in [5, 5.41) is 5.54. The second-order valence-corrected chi connectivity index (χ2v) is 6.70. The first-order valence-corrected chi connectivity index (χ1v) is 9.42. The van der Waals surface area contributed by atoms with Crippen molar-refractivity contribution in [1.82, 2.24) is 9.38 Å². The lowest BCUT2D eigenvalue weighted by Gasteiger charge is -2.11. The number of fused-ring (bicyclic) bond motifs is 1. The number of nitrogens with one attached hydrogen (secondary N) is 2. The normalized spacial score (nSPS) is 10.6. The molecule has 4 rings (SSSR count). The summed E-state index contributed by atoms with van der Waals surface area (Å²) in [5.74, 6) is 0.0401. The SMILES string of the molecule is CC(=O)Nc1ccc(NC(=O)c2ccccc2OCc2cn3ccccc3n2)cc1. The number of carbonyl (C=O) groups is 2. The van der Waals surface area contributed by atoms with Gasteiger partial charge in [-0.25, -0.2) is 4.98 Å². The lowest BCUT2D eigenvalue weighted by atomic mass is 10.1. The lowest BCUT2D eigenvalue weighted by molar-refractivity contribution is -0.114. The fourth-order valence-corrected chi connectivity index (χ4v) is 3.03. The quantitative estimate of drug-likeness (QED) is 0.510. The predicted molar refractivity (Wildman–Crippen MR) is 115 cm³/mol. The summed E-state index contributed by atoms with van der Waals surface area (Å²) in [4.78, 5) is 28.4. The van der Waals surface area contributed by atoms with Crippen LogP contribution in [-0.2, 0) is 11.4 Å². The molecule has 2 amide bonds. The van der Waals surface area contributed by atoms with Crippen LogP contribution in [0.1, 0.15) is 23.0 Å². The van der Waals surface area contributed by atoms with Crippen LogP contribution in [0.25, 0.3) is 5.65 Å². The van der Waals surface area contributed by atoms with Gasteiger partial charge >= 0.3 is 0 Å². The number of rotatable bonds is 6. The predicted octanol–water partition coefficient (Wildman–Crippen LogP) is 4.12. The molecule has 30 heavy (non-hydrogen) atoms. The molecule has 4 aromatic rings. The molecule has 0 aliphatic heterocycles. The number of pyridine rings is 1. The van der Waals surface area contributed by atoms with Crippen LogP contribution >= 0.6 is 0 Å². The van der Waals surface area contributed by atoms with E-state index >= 15 is 0 Å². The van der Waals surface area contributed by atoms with Crippen molar-refractivity contribution < 1.29 is 14.3 Å². The van der Waals surface area contributed by atoms with Crippen molar-refractivity contribution in [2.45, 2.75) is 13.5 Å². The van der Waals surface area contributed by atoms with Crippen molar-refractivity contribution in [2.24, 2.45) is 0 Å². The molecule has 0 saturated carbocycles. The first kappa shape index (κ1) is 19.2. The minimum Gasteiger partial charge on any atom is -0.486 e. The maximum Gasteiger partial charge on any atom is 0.259 e. The van der Waals surface area contributed by atoms with Crippen LogP contribution in [0.4, 0.5) is 11.4 Å². The van der Waals surface area contributed by atoms with Gasteiger partial charge in [0.1, 0.15) is 18.0 Å². The number of amides is 2. The van der Waals surface area contributed by atoms with E-state index in [1.54, 1.807) is 42.5 Å². The maximum atomic E-state index is 12.8. The summed E-state index contributed by atoms with van der Waals surface area (Å²) in [5.41, 5.74) is 3.31. The van der Waals surface area contributed by atoms with E-state index < -0.39 is 0 Å². The fourth-order valence-electron chi connectivity index (χ4n) is 3.03. The van der Waals surface area contributed by atoms with Crippen LogP contribution in [0, 0.1) is 0 Å². The monoisotopic (exact) mass is 400 g/mol. The largest absolute Gasteiger partial charge is 0.486 e. The second kappa shape index (κ2) is 8.48. The molecule has 0 unspecified atom stereocenters. The van der Waals surface area contributed by atoms with E-state index in [9.17, 15) is 9.59 Å². The third kappa shape index (κ3) is 4.47. The number of carbonyl (C=O) groups excluding carboxylic acids is 2. The molecular formula is C23H20N4O3. The van der Waals surface area contributed by atoms with E-state index in [2.05, 4.69) is 15.6 Å². The number of benzene rings is 2. The van der Waals surface area contributed by atoms with E-state index in [-0.39, 0.29) is 18.4 Å². The zero-order valence-electron chi connectivity index (χ0n) is 16.3. The summed E-state index contributed by atoms with van der Waals surface area (Å²) in [6.45, 7) is 1.69. The van der Waals surface area contributed by atoms with Gasteiger partial charge in [-0.2, -0.15) is 0 Å². The highest BCUT2D eigenvalue weighted by molar-refractivity contribution is 6.06. The summed E-state index contributed by atoms with van der Waals surface area (Å²) < 4.78 is 7.81. The van der Waals surface area contributed by atoms with Gasteiger partial charge in [0.05, 0.1) is 11.3 Å². The minimum absolute atomic E-state index is 0.150. The van der Waals surface area contributed by atoms with Crippen molar-refractivity contribution in [1.29, 1.82) is 0 Å². The Morgan fingerprint density at radius 1 is 0.933 bits per heavy atom. The van der Waals surface area contributed by atoms with Crippen molar-refractivity contribution in [2.75, 3.05) is 10.6 Å². The standard InChI is InChI=1S/C23H20N4O3/c1-16(28)24-17-9-11-18(12-10-17)26-23(29)20-6-2-3-7-21(20)30-15-19-14-27-13-5-4-8-22(27)25-19/h2-14H,15H2,1H3,(H,24,28)(H,26,29). The van der Waals surface area contributed by atoms with Gasteiger partial charge in [-0.05, 0) is 48.5 Å². The number of nitrogens with zero attached hydrogens (tertiary/aromatic N) is 2. The van der Waals surface area contributed by atoms with Crippen molar-refractivity contribution >= 4 is 28.8 Å². The molecule has 0 atom stereocenters. The van der Waals surface area contributed by atoms with Gasteiger partial charge in [-0.1, -0.05) is 18.2 Å². The summed E-state index contributed by atoms with van der Waals surface area (Å²) in [6, 6.07) is 19.7. The highest BCUT2D eigenvalue weighted by Gasteiger charge is 2.13. The number of aromatic nitrogens is 2. The molecule has 0 bridgehead atoms. The molecule has 0 radical (unpaired) electrons. The number of hydrogen-bond acceptors (Lipinski definition) is 4. The van der Waals surface area contributed by atoms with Crippen molar-refractivity contribution in [3.63, 3.8) is 0 Å². The molecule has 2 aromatic carbocycles. The Hall–Kier alpha value is -4.13. The van der Waals surface area contributed by atoms with E-state index in [4.69, 9.17) is 4.74 Å². The van der Waals surface area contributed by atoms with Crippen LogP contribution in [-0.4, -0.2) is 21.2 Å². The number of imidazole rings is 1. The Bertz CT molecular complexity index is 1170. The van der Waals surface area contributed by atoms with Crippen LogP contribution < -0.4 is 15.4 Å². The van der Waals surface area contributed by atoms with E-state index in [1.807, 2.05) is 41.1 Å². The molecule has 0 aliphatic carbocycles. The Morgan fingerprint density at radius 2 is 1.63 bits per heavy atom. The lowest BCUT2D eigenvalue weighted by Crippen LogP contribution is -2.14. The van der Waals surface area contributed by atoms with Gasteiger partial charge in [0, 0.05) is 30.7 Å². The van der Waals surface area contributed by atoms with Crippen LogP contribution in [0.15, 0.2) is 79.1 Å². The molecule has 7 heteroatoms. The van der Waals surface area contributed by atoms with Gasteiger partial charge < -0.3 is 19.8 Å².